The van der Waals surface area contributed by atoms with Crippen LogP contribution in [0.5, 0.6) is 0 Å². The van der Waals surface area contributed by atoms with Crippen molar-refractivity contribution in [1.29, 1.82) is 0 Å². The number of rotatable bonds is 4. The van der Waals surface area contributed by atoms with Crippen molar-refractivity contribution in [1.82, 2.24) is 10.1 Å². The van der Waals surface area contributed by atoms with Gasteiger partial charge in [0.1, 0.15) is 6.04 Å². The van der Waals surface area contributed by atoms with Crippen LogP contribution in [0.2, 0.25) is 0 Å². The largest absolute Gasteiger partial charge is 0.355 e. The van der Waals surface area contributed by atoms with Crippen LogP contribution in [-0.4, -0.2) is 16.7 Å². The minimum absolute atomic E-state index is 0. The van der Waals surface area contributed by atoms with Gasteiger partial charge in [0.25, 0.3) is 5.89 Å². The normalized spacial score (nSPS) is 18.5. The molecule has 1 aliphatic heterocycles. The second-order valence-electron chi connectivity index (χ2n) is 7.70. The van der Waals surface area contributed by atoms with E-state index in [1.165, 1.54) is 11.3 Å². The maximum absolute atomic E-state index is 6.56. The van der Waals surface area contributed by atoms with Gasteiger partial charge in [-0.2, -0.15) is 4.98 Å². The summed E-state index contributed by atoms with van der Waals surface area (Å²) in [6.07, 6.45) is 5.13. The summed E-state index contributed by atoms with van der Waals surface area (Å²) in [7, 11) is 0. The first-order valence-corrected chi connectivity index (χ1v) is 9.77. The zero-order chi connectivity index (χ0) is 18.3. The van der Waals surface area contributed by atoms with E-state index in [0.717, 1.165) is 44.2 Å². The van der Waals surface area contributed by atoms with Crippen LogP contribution in [0.4, 0.5) is 5.69 Å². The van der Waals surface area contributed by atoms with Crippen molar-refractivity contribution in [2.24, 2.45) is 5.73 Å². The Morgan fingerprint density at radius 2 is 1.71 bits per heavy atom. The Balaban J connectivity index is 0.00000192. The number of nitrogens with zero attached hydrogens (tertiary/aromatic N) is 3. The van der Waals surface area contributed by atoms with Crippen molar-refractivity contribution in [3.05, 3.63) is 77.4 Å². The van der Waals surface area contributed by atoms with E-state index >= 15 is 0 Å². The van der Waals surface area contributed by atoms with Gasteiger partial charge in [-0.1, -0.05) is 66.5 Å². The molecule has 5 nitrogen and oxygen atoms in total. The van der Waals surface area contributed by atoms with Gasteiger partial charge in [-0.3, -0.25) is 0 Å². The molecule has 0 saturated heterocycles. The third-order valence-electron chi connectivity index (χ3n) is 5.97. The van der Waals surface area contributed by atoms with Gasteiger partial charge < -0.3 is 15.2 Å². The molecule has 2 heterocycles. The first kappa shape index (κ1) is 19.0. The third-order valence-corrected chi connectivity index (χ3v) is 5.97. The second-order valence-corrected chi connectivity index (χ2v) is 7.70. The second kappa shape index (κ2) is 7.57. The van der Waals surface area contributed by atoms with Gasteiger partial charge in [0.05, 0.1) is 5.54 Å². The van der Waals surface area contributed by atoms with Crippen LogP contribution < -0.4 is 10.6 Å². The fourth-order valence-corrected chi connectivity index (χ4v) is 4.50. The van der Waals surface area contributed by atoms with Crippen LogP contribution in [0.3, 0.4) is 0 Å². The highest BCUT2D eigenvalue weighted by molar-refractivity contribution is 5.85. The lowest BCUT2D eigenvalue weighted by Gasteiger charge is -2.28. The molecule has 5 rings (SSSR count). The number of nitrogens with two attached hydrogens (primary N) is 1. The minimum Gasteiger partial charge on any atom is -0.355 e. The fraction of sp³-hybridized carbons (Fsp3) is 0.364. The van der Waals surface area contributed by atoms with Crippen molar-refractivity contribution in [2.45, 2.75) is 43.7 Å². The molecule has 2 N–H and O–H groups in total. The van der Waals surface area contributed by atoms with E-state index in [4.69, 9.17) is 15.2 Å². The Labute approximate surface area is 171 Å². The average Bonchev–Trinajstić information content (AvgIpc) is 3.44. The first-order valence-electron chi connectivity index (χ1n) is 9.77. The van der Waals surface area contributed by atoms with Crippen LogP contribution in [-0.2, 0) is 12.0 Å². The van der Waals surface area contributed by atoms with Crippen LogP contribution in [0.1, 0.15) is 54.6 Å². The highest BCUT2D eigenvalue weighted by Crippen LogP contribution is 2.40. The predicted octanol–water partition coefficient (Wildman–Crippen LogP) is 4.37. The van der Waals surface area contributed by atoms with Gasteiger partial charge in [-0.15, -0.1) is 12.4 Å². The molecule has 1 saturated carbocycles. The van der Waals surface area contributed by atoms with Gasteiger partial charge in [0.15, 0.2) is 5.82 Å². The molecule has 1 unspecified atom stereocenters. The Bertz CT molecular complexity index is 936. The van der Waals surface area contributed by atoms with Crippen LogP contribution >= 0.6 is 12.4 Å². The summed E-state index contributed by atoms with van der Waals surface area (Å²) in [5.41, 5.74) is 9.89. The molecule has 1 aromatic heterocycles. The molecule has 6 heteroatoms. The van der Waals surface area contributed by atoms with E-state index in [0.29, 0.717) is 11.7 Å². The van der Waals surface area contributed by atoms with Crippen molar-refractivity contribution in [2.75, 3.05) is 11.4 Å². The van der Waals surface area contributed by atoms with E-state index < -0.39 is 5.54 Å². The molecule has 0 radical (unpaired) electrons. The van der Waals surface area contributed by atoms with Crippen LogP contribution in [0.15, 0.2) is 59.1 Å². The lowest BCUT2D eigenvalue weighted by atomic mass is 9.98. The molecule has 1 fully saturated rings. The quantitative estimate of drug-likeness (QED) is 0.709. The minimum atomic E-state index is -0.439. The summed E-state index contributed by atoms with van der Waals surface area (Å²) in [5, 5.41) is 4.31. The maximum atomic E-state index is 6.56. The molecule has 2 aromatic carbocycles. The van der Waals surface area contributed by atoms with Crippen LogP contribution in [0, 0.1) is 0 Å². The van der Waals surface area contributed by atoms with Gasteiger partial charge in [0.2, 0.25) is 0 Å². The molecule has 2 aliphatic rings. The number of halogens is 1. The van der Waals surface area contributed by atoms with E-state index in [9.17, 15) is 0 Å². The van der Waals surface area contributed by atoms with Gasteiger partial charge in [-0.05, 0) is 36.5 Å². The summed E-state index contributed by atoms with van der Waals surface area (Å²) in [6.45, 7) is 0.935. The number of anilines is 1. The number of fused-ring (bicyclic) bond motifs is 1. The van der Waals surface area contributed by atoms with E-state index in [1.807, 2.05) is 6.07 Å². The van der Waals surface area contributed by atoms with Gasteiger partial charge in [0, 0.05) is 12.2 Å². The Morgan fingerprint density at radius 3 is 2.50 bits per heavy atom. The zero-order valence-electron chi connectivity index (χ0n) is 15.8. The molecule has 146 valence electrons. The van der Waals surface area contributed by atoms with E-state index in [1.54, 1.807) is 0 Å². The van der Waals surface area contributed by atoms with Crippen LogP contribution in [0.25, 0.3) is 0 Å². The maximum Gasteiger partial charge on any atom is 0.254 e. The zero-order valence-corrected chi connectivity index (χ0v) is 16.6. The summed E-state index contributed by atoms with van der Waals surface area (Å²) >= 11 is 0. The topological polar surface area (TPSA) is 68.2 Å². The van der Waals surface area contributed by atoms with Crippen molar-refractivity contribution >= 4 is 18.1 Å². The molecule has 1 atom stereocenters. The van der Waals surface area contributed by atoms with Gasteiger partial charge >= 0.3 is 0 Å². The summed E-state index contributed by atoms with van der Waals surface area (Å²) in [5.74, 6) is 1.29. The molecule has 3 aromatic rings. The number of benzene rings is 2. The fourth-order valence-electron chi connectivity index (χ4n) is 4.50. The number of aromatic nitrogens is 2. The average molecular weight is 397 g/mol. The van der Waals surface area contributed by atoms with Crippen molar-refractivity contribution in [3.63, 3.8) is 0 Å². The summed E-state index contributed by atoms with van der Waals surface area (Å²) < 4.78 is 5.80. The highest BCUT2D eigenvalue weighted by Gasteiger charge is 2.38. The van der Waals surface area contributed by atoms with Gasteiger partial charge in [-0.25, -0.2) is 0 Å². The first-order chi connectivity index (χ1) is 13.2. The van der Waals surface area contributed by atoms with E-state index in [2.05, 4.69) is 58.6 Å². The molecule has 1 aliphatic carbocycles. The SMILES string of the molecule is Cl.NC1(c2noc(C(c3ccccc3)N3CCc4ccccc43)n2)CCCC1. The Kier molecular flexibility index (Phi) is 5.13. The number of para-hydroxylation sites is 1. The Morgan fingerprint density at radius 1 is 1.00 bits per heavy atom. The third kappa shape index (κ3) is 3.19. The summed E-state index contributed by atoms with van der Waals surface area (Å²) in [6, 6.07) is 18.9. The summed E-state index contributed by atoms with van der Waals surface area (Å²) in [4.78, 5) is 7.19. The number of hydrogen-bond acceptors (Lipinski definition) is 5. The molecule has 0 amide bonds. The van der Waals surface area contributed by atoms with Crippen molar-refractivity contribution < 1.29 is 4.52 Å². The molecular formula is C22H25ClN4O. The molecular weight excluding hydrogens is 372 g/mol. The monoisotopic (exact) mass is 396 g/mol. The lowest BCUT2D eigenvalue weighted by molar-refractivity contribution is 0.339. The highest BCUT2D eigenvalue weighted by atomic mass is 35.5. The smallest absolute Gasteiger partial charge is 0.254 e. The molecule has 0 bridgehead atoms. The standard InChI is InChI=1S/C22H24N4O.ClH/c23-22(13-6-7-14-22)21-24-20(27-25-21)19(17-9-2-1-3-10-17)26-15-12-16-8-4-5-11-18(16)26;/h1-5,8-11,19H,6-7,12-15,23H2;1H. The van der Waals surface area contributed by atoms with Crippen molar-refractivity contribution in [3.8, 4) is 0 Å². The number of hydrogen-bond donors (Lipinski definition) is 1. The van der Waals surface area contributed by atoms with E-state index in [-0.39, 0.29) is 18.4 Å². The Hall–Kier alpha value is -2.37. The molecule has 28 heavy (non-hydrogen) atoms. The molecule has 0 spiro atoms. The predicted molar refractivity (Wildman–Crippen MR) is 112 cm³/mol. The lowest BCUT2D eigenvalue weighted by Crippen LogP contribution is -2.34.